The van der Waals surface area contributed by atoms with Crippen molar-refractivity contribution in [3.05, 3.63) is 71.0 Å². The molecule has 1 heterocycles. The highest BCUT2D eigenvalue weighted by molar-refractivity contribution is 6.04. The van der Waals surface area contributed by atoms with E-state index in [0.717, 1.165) is 18.4 Å². The first-order chi connectivity index (χ1) is 17.2. The molecule has 0 bridgehead atoms. The predicted octanol–water partition coefficient (Wildman–Crippen LogP) is 3.21. The number of nitrogens with two attached hydrogens (primary N) is 1. The second-order valence-corrected chi connectivity index (χ2v) is 8.45. The van der Waals surface area contributed by atoms with Gasteiger partial charge in [-0.3, -0.25) is 4.79 Å². The van der Waals surface area contributed by atoms with Crippen molar-refractivity contribution in [1.82, 2.24) is 15.5 Å². The largest absolute Gasteiger partial charge is 0.480 e. The molecule has 3 aromatic rings. The molecule has 0 spiro atoms. The van der Waals surface area contributed by atoms with E-state index in [4.69, 9.17) is 15.0 Å². The maximum Gasteiger partial charge on any atom is 0.408 e. The van der Waals surface area contributed by atoms with Crippen LogP contribution in [0.15, 0.2) is 53.1 Å². The Morgan fingerprint density at radius 3 is 2.47 bits per heavy atom. The van der Waals surface area contributed by atoms with Crippen LogP contribution in [0.2, 0.25) is 0 Å². The van der Waals surface area contributed by atoms with Crippen molar-refractivity contribution in [3.8, 4) is 0 Å². The molecular weight excluding hydrogens is 466 g/mol. The molecular formula is C25H29N5O6. The van der Waals surface area contributed by atoms with E-state index in [-0.39, 0.29) is 24.4 Å². The summed E-state index contributed by atoms with van der Waals surface area (Å²) in [7, 11) is 0. The van der Waals surface area contributed by atoms with Gasteiger partial charge in [-0.25, -0.2) is 9.59 Å². The Kier molecular flexibility index (Phi) is 8.98. The first kappa shape index (κ1) is 26.2. The Morgan fingerprint density at radius 1 is 1.08 bits per heavy atom. The third-order valence-electron chi connectivity index (χ3n) is 5.12. The lowest BCUT2D eigenvalue weighted by Crippen LogP contribution is -2.43. The number of carbonyl (C=O) groups excluding carboxylic acids is 2. The van der Waals surface area contributed by atoms with Crippen LogP contribution in [0.4, 0.5) is 16.5 Å². The number of carboxylic acid groups (broad SMARTS) is 1. The van der Waals surface area contributed by atoms with Gasteiger partial charge >= 0.3 is 18.1 Å². The van der Waals surface area contributed by atoms with Gasteiger partial charge in [0.05, 0.1) is 6.10 Å². The third kappa shape index (κ3) is 8.12. The van der Waals surface area contributed by atoms with Crippen LogP contribution in [-0.4, -0.2) is 45.4 Å². The van der Waals surface area contributed by atoms with E-state index in [1.54, 1.807) is 44.2 Å². The molecule has 0 fully saturated rings. The average molecular weight is 496 g/mol. The summed E-state index contributed by atoms with van der Waals surface area (Å²) >= 11 is 0. The first-order valence-electron chi connectivity index (χ1n) is 11.5. The number of nitrogens with one attached hydrogen (secondary N) is 2. The Labute approximate surface area is 208 Å². The molecule has 0 saturated carbocycles. The quantitative estimate of drug-likeness (QED) is 0.312. The van der Waals surface area contributed by atoms with E-state index >= 15 is 0 Å². The van der Waals surface area contributed by atoms with Crippen molar-refractivity contribution >= 4 is 29.7 Å². The molecule has 1 unspecified atom stereocenters. The van der Waals surface area contributed by atoms with Crippen LogP contribution in [0.1, 0.15) is 47.6 Å². The zero-order valence-corrected chi connectivity index (χ0v) is 20.1. The fraction of sp³-hybridized carbons (Fsp3) is 0.320. The number of anilines is 2. The zero-order chi connectivity index (χ0) is 26.1. The zero-order valence-electron chi connectivity index (χ0n) is 20.1. The molecule has 1 atom stereocenters. The summed E-state index contributed by atoms with van der Waals surface area (Å²) in [4.78, 5) is 40.0. The monoisotopic (exact) mass is 495 g/mol. The number of rotatable bonds is 11. The summed E-state index contributed by atoms with van der Waals surface area (Å²) in [5.41, 5.74) is 8.17. The van der Waals surface area contributed by atoms with Gasteiger partial charge in [-0.2, -0.15) is 4.98 Å². The fourth-order valence-corrected chi connectivity index (χ4v) is 3.44. The van der Waals surface area contributed by atoms with Crippen molar-refractivity contribution in [2.45, 2.75) is 51.7 Å². The number of alkyl carbamates (subject to hydrolysis) is 1. The van der Waals surface area contributed by atoms with E-state index in [1.807, 2.05) is 18.2 Å². The first-order valence-corrected chi connectivity index (χ1v) is 11.5. The van der Waals surface area contributed by atoms with Crippen LogP contribution in [0.5, 0.6) is 0 Å². The number of benzene rings is 2. The minimum absolute atomic E-state index is 0.0430. The molecule has 11 heteroatoms. The van der Waals surface area contributed by atoms with Crippen LogP contribution in [0.3, 0.4) is 0 Å². The maximum atomic E-state index is 12.7. The van der Waals surface area contributed by atoms with Gasteiger partial charge in [-0.1, -0.05) is 29.4 Å². The number of aryl methyl sites for hydroxylation is 2. The fourth-order valence-electron chi connectivity index (χ4n) is 3.44. The lowest BCUT2D eigenvalue weighted by atomic mass is 10.0. The number of carboxylic acids is 1. The molecule has 36 heavy (non-hydrogen) atoms. The Bertz CT molecular complexity index is 1190. The van der Waals surface area contributed by atoms with E-state index in [0.29, 0.717) is 29.1 Å². The van der Waals surface area contributed by atoms with Gasteiger partial charge in [-0.15, -0.1) is 0 Å². The Hall–Kier alpha value is -4.41. The summed E-state index contributed by atoms with van der Waals surface area (Å²) in [5, 5.41) is 18.4. The highest BCUT2D eigenvalue weighted by Crippen LogP contribution is 2.15. The van der Waals surface area contributed by atoms with Crippen molar-refractivity contribution in [2.75, 3.05) is 11.1 Å². The highest BCUT2D eigenvalue weighted by atomic mass is 16.6. The van der Waals surface area contributed by atoms with Crippen LogP contribution >= 0.6 is 0 Å². The van der Waals surface area contributed by atoms with E-state index in [1.165, 1.54) is 0 Å². The maximum absolute atomic E-state index is 12.7. The molecule has 190 valence electrons. The van der Waals surface area contributed by atoms with Crippen molar-refractivity contribution in [3.63, 3.8) is 0 Å². The molecule has 11 nitrogen and oxygen atoms in total. The van der Waals surface area contributed by atoms with Crippen molar-refractivity contribution < 1.29 is 28.8 Å². The minimum atomic E-state index is -1.17. The van der Waals surface area contributed by atoms with Crippen LogP contribution < -0.4 is 16.4 Å². The summed E-state index contributed by atoms with van der Waals surface area (Å²) in [6, 6.07) is 13.0. The summed E-state index contributed by atoms with van der Waals surface area (Å²) in [6.45, 7) is 3.35. The summed E-state index contributed by atoms with van der Waals surface area (Å²) in [6.07, 6.45) is 1.03. The van der Waals surface area contributed by atoms with E-state index in [9.17, 15) is 19.5 Å². The number of nitrogen functional groups attached to an aromatic ring is 1. The number of hydrogen-bond acceptors (Lipinski definition) is 8. The highest BCUT2D eigenvalue weighted by Gasteiger charge is 2.21. The standard InChI is InChI=1S/C25H29N5O6/c1-15(2)35-25(34)28-20(23(32)33)14-17-9-11-19(12-10-17)27-22(31)18-7-3-5-16(13-18)6-4-8-21-29-24(26)36-30-21/h3,5,7,9-13,15,20H,4,6,8,14H2,1-2H3,(H,27,31)(H,28,34)(H,32,33)(H2,26,29,30). The molecule has 1 aromatic heterocycles. The predicted molar refractivity (Wildman–Crippen MR) is 131 cm³/mol. The van der Waals surface area contributed by atoms with Crippen molar-refractivity contribution in [2.24, 2.45) is 0 Å². The molecule has 2 aromatic carbocycles. The molecule has 2 amide bonds. The molecule has 0 radical (unpaired) electrons. The van der Waals surface area contributed by atoms with Gasteiger partial charge < -0.3 is 30.7 Å². The average Bonchev–Trinajstić information content (AvgIpc) is 3.24. The lowest BCUT2D eigenvalue weighted by Gasteiger charge is -2.16. The Balaban J connectivity index is 1.54. The Morgan fingerprint density at radius 2 is 1.83 bits per heavy atom. The minimum Gasteiger partial charge on any atom is -0.480 e. The SMILES string of the molecule is CC(C)OC(=O)NC(Cc1ccc(NC(=O)c2cccc(CCCc3noc(N)n3)c2)cc1)C(=O)O. The molecule has 0 aliphatic rings. The van der Waals surface area contributed by atoms with Crippen LogP contribution in [0.25, 0.3) is 0 Å². The second-order valence-electron chi connectivity index (χ2n) is 8.45. The molecule has 0 aliphatic heterocycles. The van der Waals surface area contributed by atoms with Gasteiger partial charge in [0.2, 0.25) is 0 Å². The molecule has 0 aliphatic carbocycles. The van der Waals surface area contributed by atoms with E-state index < -0.39 is 18.1 Å². The second kappa shape index (κ2) is 12.3. The number of carbonyl (C=O) groups is 3. The molecule has 3 rings (SSSR count). The number of aliphatic carboxylic acids is 1. The van der Waals surface area contributed by atoms with Gasteiger partial charge in [0.15, 0.2) is 5.82 Å². The van der Waals surface area contributed by atoms with Crippen LogP contribution in [0, 0.1) is 0 Å². The number of ether oxygens (including phenoxy) is 1. The summed E-state index contributed by atoms with van der Waals surface area (Å²) < 4.78 is 9.70. The van der Waals surface area contributed by atoms with Gasteiger partial charge in [-0.05, 0) is 62.1 Å². The summed E-state index contributed by atoms with van der Waals surface area (Å²) in [5.74, 6) is -0.891. The number of hydrogen-bond donors (Lipinski definition) is 4. The number of aromatic nitrogens is 2. The molecule has 5 N–H and O–H groups in total. The smallest absolute Gasteiger partial charge is 0.408 e. The van der Waals surface area contributed by atoms with Gasteiger partial charge in [0, 0.05) is 24.1 Å². The van der Waals surface area contributed by atoms with Gasteiger partial charge in [0.1, 0.15) is 6.04 Å². The third-order valence-corrected chi connectivity index (χ3v) is 5.12. The normalized spacial score (nSPS) is 11.6. The van der Waals surface area contributed by atoms with Crippen molar-refractivity contribution in [1.29, 1.82) is 0 Å². The lowest BCUT2D eigenvalue weighted by molar-refractivity contribution is -0.139. The van der Waals surface area contributed by atoms with E-state index in [2.05, 4.69) is 20.8 Å². The topological polar surface area (TPSA) is 170 Å². The van der Waals surface area contributed by atoms with Crippen LogP contribution in [-0.2, 0) is 28.8 Å². The number of amides is 2. The van der Waals surface area contributed by atoms with Gasteiger partial charge in [0.25, 0.3) is 5.91 Å². The number of nitrogens with zero attached hydrogens (tertiary/aromatic N) is 2. The molecule has 0 saturated heterocycles.